The van der Waals surface area contributed by atoms with Crippen LogP contribution in [0.4, 0.5) is 5.69 Å². The van der Waals surface area contributed by atoms with Crippen molar-refractivity contribution in [1.29, 1.82) is 0 Å². The van der Waals surface area contributed by atoms with E-state index in [2.05, 4.69) is 22.6 Å². The van der Waals surface area contributed by atoms with Gasteiger partial charge >= 0.3 is 0 Å². The number of piperidine rings is 1. The number of amides is 1. The largest absolute Gasteiger partial charge is 0.496 e. The molecule has 0 unspecified atom stereocenters. The smallest absolute Gasteiger partial charge is 0.248 e. The second-order valence-electron chi connectivity index (χ2n) is 8.51. The first-order chi connectivity index (χ1) is 16.3. The minimum absolute atomic E-state index is 0.106. The number of aromatic nitrogens is 1. The molecule has 1 saturated heterocycles. The van der Waals surface area contributed by atoms with E-state index in [0.717, 1.165) is 16.9 Å². The summed E-state index contributed by atoms with van der Waals surface area (Å²) in [5.74, 6) is 0.670. The van der Waals surface area contributed by atoms with E-state index in [-0.39, 0.29) is 35.6 Å². The second-order valence-corrected chi connectivity index (χ2v) is 10.4. The van der Waals surface area contributed by atoms with Crippen molar-refractivity contribution in [3.8, 4) is 5.75 Å². The zero-order chi connectivity index (χ0) is 24.3. The normalized spacial score (nSPS) is 15.3. The van der Waals surface area contributed by atoms with Crippen LogP contribution >= 0.6 is 0 Å². The number of benzene rings is 2. The van der Waals surface area contributed by atoms with Crippen LogP contribution in [-0.2, 0) is 21.2 Å². The van der Waals surface area contributed by atoms with Gasteiger partial charge in [-0.25, -0.2) is 8.42 Å². The highest BCUT2D eigenvalue weighted by Gasteiger charge is 2.35. The van der Waals surface area contributed by atoms with Gasteiger partial charge in [0.25, 0.3) is 0 Å². The fourth-order valence-corrected chi connectivity index (χ4v) is 6.15. The van der Waals surface area contributed by atoms with Crippen LogP contribution in [0.15, 0.2) is 57.9 Å². The van der Waals surface area contributed by atoms with Crippen LogP contribution in [0.25, 0.3) is 0 Å². The topological polar surface area (TPSA) is 102 Å². The predicted octanol–water partition coefficient (Wildman–Crippen LogP) is 3.93. The summed E-state index contributed by atoms with van der Waals surface area (Å²) in [6, 6.07) is 15.7. The average Bonchev–Trinajstić information content (AvgIpc) is 3.18. The van der Waals surface area contributed by atoms with E-state index < -0.39 is 10.0 Å². The van der Waals surface area contributed by atoms with Crippen LogP contribution in [-0.4, -0.2) is 44.0 Å². The Labute approximate surface area is 200 Å². The quantitative estimate of drug-likeness (QED) is 0.546. The van der Waals surface area contributed by atoms with Crippen LogP contribution in [0, 0.1) is 19.8 Å². The van der Waals surface area contributed by atoms with Crippen molar-refractivity contribution in [3.05, 3.63) is 71.1 Å². The van der Waals surface area contributed by atoms with Crippen molar-refractivity contribution in [2.45, 2.75) is 38.0 Å². The Morgan fingerprint density at radius 2 is 1.85 bits per heavy atom. The van der Waals surface area contributed by atoms with Crippen LogP contribution in [0.5, 0.6) is 5.75 Å². The number of hydrogen-bond donors (Lipinski definition) is 1. The van der Waals surface area contributed by atoms with Gasteiger partial charge in [0.15, 0.2) is 5.76 Å². The number of carbonyl (C=O) groups is 1. The Morgan fingerprint density at radius 1 is 1.15 bits per heavy atom. The molecule has 180 valence electrons. The second kappa shape index (κ2) is 9.99. The molecule has 0 saturated carbocycles. The molecule has 0 radical (unpaired) electrons. The van der Waals surface area contributed by atoms with Gasteiger partial charge in [0.2, 0.25) is 15.9 Å². The molecular weight excluding hydrogens is 454 g/mol. The zero-order valence-electron chi connectivity index (χ0n) is 19.6. The maximum Gasteiger partial charge on any atom is 0.248 e. The molecule has 2 aromatic carbocycles. The molecule has 1 aliphatic rings. The van der Waals surface area contributed by atoms with E-state index in [1.807, 2.05) is 36.4 Å². The number of nitrogens with zero attached hydrogens (tertiary/aromatic N) is 2. The van der Waals surface area contributed by atoms with E-state index >= 15 is 0 Å². The number of hydrogen-bond acceptors (Lipinski definition) is 6. The lowest BCUT2D eigenvalue weighted by atomic mass is 9.97. The molecule has 1 N–H and O–H groups in total. The van der Waals surface area contributed by atoms with E-state index in [1.54, 1.807) is 21.0 Å². The number of carbonyl (C=O) groups excluding carboxylic acids is 1. The molecule has 9 heteroatoms. The van der Waals surface area contributed by atoms with Crippen molar-refractivity contribution in [2.24, 2.45) is 5.92 Å². The molecule has 1 aromatic heterocycles. The maximum atomic E-state index is 13.0. The fourth-order valence-electron chi connectivity index (χ4n) is 4.38. The Balaban J connectivity index is 1.41. The van der Waals surface area contributed by atoms with Crippen LogP contribution in [0.1, 0.15) is 35.4 Å². The Morgan fingerprint density at radius 3 is 2.47 bits per heavy atom. The van der Waals surface area contributed by atoms with Gasteiger partial charge in [-0.3, -0.25) is 4.79 Å². The number of sulfonamides is 1. The highest BCUT2D eigenvalue weighted by atomic mass is 32.2. The Kier molecular flexibility index (Phi) is 7.04. The first-order valence-electron chi connectivity index (χ1n) is 11.2. The molecule has 4 rings (SSSR count). The highest BCUT2D eigenvalue weighted by molar-refractivity contribution is 7.89. The minimum atomic E-state index is -3.70. The van der Waals surface area contributed by atoms with E-state index in [1.165, 1.54) is 4.31 Å². The molecule has 8 nitrogen and oxygen atoms in total. The molecule has 0 atom stereocenters. The van der Waals surface area contributed by atoms with Crippen LogP contribution < -0.4 is 10.1 Å². The van der Waals surface area contributed by atoms with Crippen LogP contribution in [0.3, 0.4) is 0 Å². The first kappa shape index (κ1) is 24.0. The number of anilines is 1. The van der Waals surface area contributed by atoms with Gasteiger partial charge in [-0.2, -0.15) is 4.31 Å². The van der Waals surface area contributed by atoms with E-state index in [9.17, 15) is 13.2 Å². The average molecular weight is 484 g/mol. The Bertz CT molecular complexity index is 1240. The van der Waals surface area contributed by atoms with Crippen molar-refractivity contribution in [3.63, 3.8) is 0 Å². The van der Waals surface area contributed by atoms with Gasteiger partial charge < -0.3 is 14.6 Å². The number of aryl methyl sites for hydroxylation is 2. The first-order valence-corrected chi connectivity index (χ1v) is 12.7. The summed E-state index contributed by atoms with van der Waals surface area (Å²) >= 11 is 0. The molecule has 34 heavy (non-hydrogen) atoms. The Hall–Kier alpha value is -3.17. The third-order valence-electron chi connectivity index (χ3n) is 6.18. The summed E-state index contributed by atoms with van der Waals surface area (Å²) in [5, 5.41) is 6.76. The SMILES string of the molecule is COc1ccc(NC(=O)C2CCN(S(=O)(=O)c3c(C)noc3C)CC2)cc1Cc1ccccc1. The molecule has 1 aliphatic heterocycles. The number of rotatable bonds is 7. The van der Waals surface area contributed by atoms with Crippen molar-refractivity contribution in [1.82, 2.24) is 9.46 Å². The van der Waals surface area contributed by atoms with Gasteiger partial charge in [0, 0.05) is 36.7 Å². The molecule has 2 heterocycles. The van der Waals surface area contributed by atoms with Crippen molar-refractivity contribution in [2.75, 3.05) is 25.5 Å². The lowest BCUT2D eigenvalue weighted by Crippen LogP contribution is -2.41. The molecular formula is C25H29N3O5S. The summed E-state index contributed by atoms with van der Waals surface area (Å²) in [5.41, 5.74) is 3.17. The number of ether oxygens (including phenoxy) is 1. The highest BCUT2D eigenvalue weighted by Crippen LogP contribution is 2.29. The van der Waals surface area contributed by atoms with Gasteiger partial charge in [-0.05, 0) is 50.5 Å². The summed E-state index contributed by atoms with van der Waals surface area (Å²) < 4.78 is 38.0. The summed E-state index contributed by atoms with van der Waals surface area (Å²) in [7, 11) is -2.07. The molecule has 0 bridgehead atoms. The summed E-state index contributed by atoms with van der Waals surface area (Å²) in [6.07, 6.45) is 1.58. The fraction of sp³-hybridized carbons (Fsp3) is 0.360. The standard InChI is InChI=1S/C25H29N3O5S/c1-17-24(18(2)33-27-17)34(30,31)28-13-11-20(12-14-28)25(29)26-22-9-10-23(32-3)21(16-22)15-19-7-5-4-6-8-19/h4-10,16,20H,11-15H2,1-3H3,(H,26,29). The van der Waals surface area contributed by atoms with Gasteiger partial charge in [-0.15, -0.1) is 0 Å². The van der Waals surface area contributed by atoms with Gasteiger partial charge in [-0.1, -0.05) is 35.5 Å². The lowest BCUT2D eigenvalue weighted by Gasteiger charge is -2.30. The van der Waals surface area contributed by atoms with Gasteiger partial charge in [0.05, 0.1) is 7.11 Å². The third-order valence-corrected chi connectivity index (χ3v) is 8.32. The number of methoxy groups -OCH3 is 1. The zero-order valence-corrected chi connectivity index (χ0v) is 20.4. The maximum absolute atomic E-state index is 13.0. The van der Waals surface area contributed by atoms with Crippen molar-refractivity contribution >= 4 is 21.6 Å². The molecule has 1 amide bonds. The molecule has 0 aliphatic carbocycles. The predicted molar refractivity (Wildman–Crippen MR) is 128 cm³/mol. The minimum Gasteiger partial charge on any atom is -0.496 e. The van der Waals surface area contributed by atoms with Crippen LogP contribution in [0.2, 0.25) is 0 Å². The van der Waals surface area contributed by atoms with E-state index in [0.29, 0.717) is 30.6 Å². The number of nitrogens with one attached hydrogen (secondary N) is 1. The van der Waals surface area contributed by atoms with Crippen molar-refractivity contribution < 1.29 is 22.5 Å². The molecule has 1 fully saturated rings. The molecule has 0 spiro atoms. The summed E-state index contributed by atoms with van der Waals surface area (Å²) in [4.78, 5) is 13.1. The third kappa shape index (κ3) is 5.00. The monoisotopic (exact) mass is 483 g/mol. The lowest BCUT2D eigenvalue weighted by molar-refractivity contribution is -0.120. The summed E-state index contributed by atoms with van der Waals surface area (Å²) in [6.45, 7) is 3.75. The van der Waals surface area contributed by atoms with Gasteiger partial charge in [0.1, 0.15) is 16.3 Å². The molecule has 3 aromatic rings. The van der Waals surface area contributed by atoms with E-state index in [4.69, 9.17) is 9.26 Å².